The summed E-state index contributed by atoms with van der Waals surface area (Å²) in [6.07, 6.45) is 0.568. The zero-order chi connectivity index (χ0) is 17.4. The smallest absolute Gasteiger partial charge is 0.186 e. The number of nitrogens with zero attached hydrogens (tertiary/aromatic N) is 1. The summed E-state index contributed by atoms with van der Waals surface area (Å²) in [5.41, 5.74) is 2.04. The maximum absolute atomic E-state index is 11.1. The second kappa shape index (κ2) is 7.02. The molecule has 128 valence electrons. The normalized spacial score (nSPS) is 20.9. The number of likely N-dealkylation sites (N-methyl/N-ethyl adjacent to an activating group) is 1. The highest BCUT2D eigenvalue weighted by atomic mass is 35.5. The minimum absolute atomic E-state index is 0.127. The van der Waals surface area contributed by atoms with E-state index in [1.807, 2.05) is 20.2 Å². The van der Waals surface area contributed by atoms with Gasteiger partial charge in [-0.1, -0.05) is 23.2 Å². The molecule has 1 unspecified atom stereocenters. The first-order valence-corrected chi connectivity index (χ1v) is 9.25. The van der Waals surface area contributed by atoms with Crippen LogP contribution in [0.2, 0.25) is 10.0 Å². The molecule has 24 heavy (non-hydrogen) atoms. The third kappa shape index (κ3) is 3.46. The van der Waals surface area contributed by atoms with Crippen molar-refractivity contribution in [2.45, 2.75) is 23.5 Å². The van der Waals surface area contributed by atoms with Gasteiger partial charge in [0.1, 0.15) is 11.9 Å². The Morgan fingerprint density at radius 3 is 2.46 bits per heavy atom. The van der Waals surface area contributed by atoms with Crippen LogP contribution in [0.3, 0.4) is 0 Å². The SMILES string of the molecule is CN(C)[C@H]1Cc2c(Cl)cc(Cl)cc2[C@@H]1Oc1ccc(S(=O)O)cc1. The minimum atomic E-state index is -2.00. The molecule has 0 saturated carbocycles. The van der Waals surface area contributed by atoms with Crippen LogP contribution in [-0.4, -0.2) is 33.8 Å². The Morgan fingerprint density at radius 1 is 1.21 bits per heavy atom. The van der Waals surface area contributed by atoms with E-state index in [2.05, 4.69) is 4.90 Å². The number of hydrogen-bond donors (Lipinski definition) is 1. The molecule has 2 aromatic rings. The lowest BCUT2D eigenvalue weighted by molar-refractivity contribution is 0.111. The summed E-state index contributed by atoms with van der Waals surface area (Å²) in [4.78, 5) is 2.44. The molecule has 1 aliphatic carbocycles. The van der Waals surface area contributed by atoms with E-state index in [0.29, 0.717) is 20.7 Å². The Labute approximate surface area is 153 Å². The van der Waals surface area contributed by atoms with Crippen molar-refractivity contribution in [1.29, 1.82) is 0 Å². The van der Waals surface area contributed by atoms with Crippen molar-refractivity contribution in [2.24, 2.45) is 0 Å². The van der Waals surface area contributed by atoms with Crippen molar-refractivity contribution in [1.82, 2.24) is 4.90 Å². The zero-order valence-corrected chi connectivity index (χ0v) is 15.5. The van der Waals surface area contributed by atoms with E-state index in [0.717, 1.165) is 17.5 Å². The highest BCUT2D eigenvalue weighted by Gasteiger charge is 2.37. The summed E-state index contributed by atoms with van der Waals surface area (Å²) < 4.78 is 26.4. The van der Waals surface area contributed by atoms with Gasteiger partial charge in [-0.25, -0.2) is 4.21 Å². The van der Waals surface area contributed by atoms with Crippen LogP contribution in [0.25, 0.3) is 0 Å². The lowest BCUT2D eigenvalue weighted by Gasteiger charge is -2.27. The molecule has 0 radical (unpaired) electrons. The average Bonchev–Trinajstić information content (AvgIpc) is 2.87. The number of fused-ring (bicyclic) bond motifs is 1. The Hall–Kier alpha value is -1.11. The lowest BCUT2D eigenvalue weighted by Crippen LogP contribution is -2.34. The fraction of sp³-hybridized carbons (Fsp3) is 0.294. The average molecular weight is 386 g/mol. The van der Waals surface area contributed by atoms with Crippen LogP contribution in [0.1, 0.15) is 17.2 Å². The van der Waals surface area contributed by atoms with Crippen LogP contribution in [0.4, 0.5) is 0 Å². The summed E-state index contributed by atoms with van der Waals surface area (Å²) in [6.45, 7) is 0. The Balaban J connectivity index is 1.94. The van der Waals surface area contributed by atoms with Gasteiger partial charge >= 0.3 is 0 Å². The van der Waals surface area contributed by atoms with Crippen LogP contribution in [0.15, 0.2) is 41.3 Å². The molecule has 0 saturated heterocycles. The Morgan fingerprint density at radius 2 is 1.88 bits per heavy atom. The Bertz CT molecular complexity index is 780. The van der Waals surface area contributed by atoms with Gasteiger partial charge in [-0.3, -0.25) is 0 Å². The van der Waals surface area contributed by atoms with Gasteiger partial charge in [-0.15, -0.1) is 0 Å². The van der Waals surface area contributed by atoms with Crippen LogP contribution in [-0.2, 0) is 17.5 Å². The molecule has 1 aliphatic rings. The summed E-state index contributed by atoms with van der Waals surface area (Å²) in [7, 11) is 4.00. The molecule has 0 heterocycles. The predicted molar refractivity (Wildman–Crippen MR) is 96.5 cm³/mol. The van der Waals surface area contributed by atoms with Crippen LogP contribution < -0.4 is 4.74 Å². The first-order chi connectivity index (χ1) is 11.4. The second-order valence-electron chi connectivity index (χ2n) is 5.95. The highest BCUT2D eigenvalue weighted by Crippen LogP contribution is 2.42. The van der Waals surface area contributed by atoms with Crippen molar-refractivity contribution in [3.05, 3.63) is 57.6 Å². The molecular formula is C17H17Cl2NO3S. The summed E-state index contributed by atoms with van der Waals surface area (Å²) in [5.74, 6) is 0.630. The molecule has 0 bridgehead atoms. The molecule has 4 nitrogen and oxygen atoms in total. The molecule has 0 amide bonds. The van der Waals surface area contributed by atoms with Gasteiger partial charge in [-0.2, -0.15) is 0 Å². The molecule has 7 heteroatoms. The molecule has 3 rings (SSSR count). The van der Waals surface area contributed by atoms with E-state index >= 15 is 0 Å². The number of rotatable bonds is 4. The fourth-order valence-electron chi connectivity index (χ4n) is 2.99. The molecule has 0 fully saturated rings. The standard InChI is InChI=1S/C17H17Cl2NO3S/c1-20(2)16-9-13-14(7-10(18)8-15(13)19)17(16)23-11-3-5-12(6-4-11)24(21)22/h3-8,16-17H,9H2,1-2H3,(H,21,22)/t16-,17-/m0/s1. The van der Waals surface area contributed by atoms with Gasteiger partial charge in [0.05, 0.1) is 10.9 Å². The van der Waals surface area contributed by atoms with Crippen LogP contribution in [0, 0.1) is 0 Å². The van der Waals surface area contributed by atoms with Gasteiger partial charge in [0.2, 0.25) is 0 Å². The Kier molecular flexibility index (Phi) is 5.18. The van der Waals surface area contributed by atoms with Crippen molar-refractivity contribution in [2.75, 3.05) is 14.1 Å². The summed E-state index contributed by atoms with van der Waals surface area (Å²) in [6, 6.07) is 10.3. The predicted octanol–water partition coefficient (Wildman–Crippen LogP) is 4.18. The van der Waals surface area contributed by atoms with E-state index in [1.54, 1.807) is 30.3 Å². The van der Waals surface area contributed by atoms with Crippen molar-refractivity contribution in [3.8, 4) is 5.75 Å². The van der Waals surface area contributed by atoms with E-state index in [4.69, 9.17) is 32.5 Å². The topological polar surface area (TPSA) is 49.8 Å². The van der Waals surface area contributed by atoms with E-state index in [9.17, 15) is 4.21 Å². The van der Waals surface area contributed by atoms with E-state index < -0.39 is 11.1 Å². The van der Waals surface area contributed by atoms with Crippen molar-refractivity contribution < 1.29 is 13.5 Å². The highest BCUT2D eigenvalue weighted by molar-refractivity contribution is 7.79. The van der Waals surface area contributed by atoms with Crippen LogP contribution in [0.5, 0.6) is 5.75 Å². The van der Waals surface area contributed by atoms with Crippen LogP contribution >= 0.6 is 23.2 Å². The van der Waals surface area contributed by atoms with Gasteiger partial charge in [-0.05, 0) is 62.5 Å². The zero-order valence-electron chi connectivity index (χ0n) is 13.2. The first-order valence-electron chi connectivity index (χ1n) is 7.38. The molecule has 2 aromatic carbocycles. The molecule has 1 N–H and O–H groups in total. The number of halogens is 2. The van der Waals surface area contributed by atoms with E-state index in [1.165, 1.54) is 0 Å². The van der Waals surface area contributed by atoms with Crippen molar-refractivity contribution in [3.63, 3.8) is 0 Å². The molecule has 0 spiro atoms. The largest absolute Gasteiger partial charge is 0.484 e. The molecular weight excluding hydrogens is 369 g/mol. The quantitative estimate of drug-likeness (QED) is 0.801. The molecule has 0 aliphatic heterocycles. The third-order valence-electron chi connectivity index (χ3n) is 4.22. The monoisotopic (exact) mass is 385 g/mol. The molecule has 3 atom stereocenters. The lowest BCUT2D eigenvalue weighted by atomic mass is 10.1. The van der Waals surface area contributed by atoms with Gasteiger partial charge in [0, 0.05) is 15.6 Å². The van der Waals surface area contributed by atoms with Crippen molar-refractivity contribution >= 4 is 34.3 Å². The third-order valence-corrected chi connectivity index (χ3v) is 5.45. The number of benzene rings is 2. The first kappa shape index (κ1) is 17.7. The summed E-state index contributed by atoms with van der Waals surface area (Å²) in [5, 5.41) is 1.24. The maximum Gasteiger partial charge on any atom is 0.186 e. The number of ether oxygens (including phenoxy) is 1. The number of hydrogen-bond acceptors (Lipinski definition) is 3. The van der Waals surface area contributed by atoms with Gasteiger partial charge in [0.15, 0.2) is 11.1 Å². The van der Waals surface area contributed by atoms with Gasteiger partial charge < -0.3 is 14.2 Å². The maximum atomic E-state index is 11.1. The second-order valence-corrected chi connectivity index (χ2v) is 7.76. The molecule has 0 aromatic heterocycles. The minimum Gasteiger partial charge on any atom is -0.484 e. The summed E-state index contributed by atoms with van der Waals surface area (Å²) >= 11 is 10.5. The van der Waals surface area contributed by atoms with Gasteiger partial charge in [0.25, 0.3) is 0 Å². The van der Waals surface area contributed by atoms with E-state index in [-0.39, 0.29) is 12.1 Å². The fourth-order valence-corrected chi connectivity index (χ4v) is 3.95.